The summed E-state index contributed by atoms with van der Waals surface area (Å²) in [5.74, 6) is 1.19. The molecule has 0 saturated carbocycles. The van der Waals surface area contributed by atoms with Gasteiger partial charge < -0.3 is 24.1 Å². The van der Waals surface area contributed by atoms with E-state index in [4.69, 9.17) is 14.2 Å². The number of aryl methyl sites for hydroxylation is 1. The summed E-state index contributed by atoms with van der Waals surface area (Å²) in [5, 5.41) is 2.74. The molecule has 3 aromatic rings. The molecule has 9 heteroatoms. The average Bonchev–Trinajstić information content (AvgIpc) is 3.51. The quantitative estimate of drug-likeness (QED) is 0.403. The monoisotopic (exact) mass is 489 g/mol. The number of carbonyl (C=O) groups is 3. The van der Waals surface area contributed by atoms with Gasteiger partial charge in [0.05, 0.1) is 13.7 Å². The lowest BCUT2D eigenvalue weighted by atomic mass is 9.92. The summed E-state index contributed by atoms with van der Waals surface area (Å²) in [5.41, 5.74) is 2.43. The molecule has 3 amide bonds. The molecular formula is C27H27N3O6. The Kier molecular flexibility index (Phi) is 5.70. The smallest absolute Gasteiger partial charge is 0.325 e. The van der Waals surface area contributed by atoms with Gasteiger partial charge in [0.15, 0.2) is 17.3 Å². The number of benzene rings is 2. The number of rotatable bonds is 7. The van der Waals surface area contributed by atoms with Crippen LogP contribution in [0.15, 0.2) is 48.5 Å². The van der Waals surface area contributed by atoms with Crippen LogP contribution < -0.4 is 19.5 Å². The van der Waals surface area contributed by atoms with Gasteiger partial charge in [-0.2, -0.15) is 0 Å². The zero-order valence-corrected chi connectivity index (χ0v) is 20.6. The Balaban J connectivity index is 1.35. The molecular weight excluding hydrogens is 462 g/mol. The minimum atomic E-state index is -1.29. The number of ether oxygens (including phenoxy) is 3. The van der Waals surface area contributed by atoms with Crippen LogP contribution in [-0.2, 0) is 16.9 Å². The first-order valence-corrected chi connectivity index (χ1v) is 11.6. The van der Waals surface area contributed by atoms with Crippen LogP contribution in [0.2, 0.25) is 0 Å². The largest absolute Gasteiger partial charge is 0.497 e. The number of hydrogen-bond donors (Lipinski definition) is 1. The van der Waals surface area contributed by atoms with Gasteiger partial charge in [-0.1, -0.05) is 18.2 Å². The van der Waals surface area contributed by atoms with Crippen LogP contribution in [0, 0.1) is 13.8 Å². The van der Waals surface area contributed by atoms with Crippen LogP contribution in [0.1, 0.15) is 39.8 Å². The highest BCUT2D eigenvalue weighted by molar-refractivity contribution is 6.11. The number of urea groups is 1. The Morgan fingerprint density at radius 3 is 2.64 bits per heavy atom. The first-order valence-electron chi connectivity index (χ1n) is 11.6. The van der Waals surface area contributed by atoms with E-state index in [0.29, 0.717) is 34.9 Å². The van der Waals surface area contributed by atoms with Crippen LogP contribution in [0.5, 0.6) is 17.2 Å². The molecule has 1 fully saturated rings. The summed E-state index contributed by atoms with van der Waals surface area (Å²) in [4.78, 5) is 40.4. The van der Waals surface area contributed by atoms with Crippen LogP contribution >= 0.6 is 0 Å². The molecule has 186 valence electrons. The number of nitrogens with zero attached hydrogens (tertiary/aromatic N) is 2. The third-order valence-corrected chi connectivity index (χ3v) is 6.88. The predicted molar refractivity (Wildman–Crippen MR) is 130 cm³/mol. The maximum Gasteiger partial charge on any atom is 0.325 e. The van der Waals surface area contributed by atoms with E-state index in [0.717, 1.165) is 21.9 Å². The van der Waals surface area contributed by atoms with Crippen molar-refractivity contribution in [1.29, 1.82) is 0 Å². The van der Waals surface area contributed by atoms with Crippen molar-refractivity contribution in [2.75, 3.05) is 20.4 Å². The number of hydrogen-bond acceptors (Lipinski definition) is 6. The van der Waals surface area contributed by atoms with E-state index < -0.39 is 17.5 Å². The third-order valence-electron chi connectivity index (χ3n) is 6.88. The minimum absolute atomic E-state index is 0.207. The number of ketones is 1. The van der Waals surface area contributed by atoms with Crippen molar-refractivity contribution in [3.05, 3.63) is 76.6 Å². The number of aromatic nitrogens is 1. The summed E-state index contributed by atoms with van der Waals surface area (Å²) in [6.07, 6.45) is 0. The van der Waals surface area contributed by atoms with Gasteiger partial charge in [0.25, 0.3) is 5.91 Å². The molecule has 9 nitrogen and oxygen atoms in total. The molecule has 2 aliphatic rings. The molecule has 5 rings (SSSR count). The van der Waals surface area contributed by atoms with Gasteiger partial charge in [-0.05, 0) is 62.2 Å². The first kappa shape index (κ1) is 23.5. The van der Waals surface area contributed by atoms with E-state index >= 15 is 0 Å². The fourth-order valence-electron chi connectivity index (χ4n) is 4.75. The van der Waals surface area contributed by atoms with Gasteiger partial charge in [0.1, 0.15) is 11.3 Å². The second kappa shape index (κ2) is 8.75. The molecule has 0 unspecified atom stereocenters. The van der Waals surface area contributed by atoms with Crippen LogP contribution in [0.4, 0.5) is 4.79 Å². The molecule has 0 bridgehead atoms. The molecule has 2 aromatic carbocycles. The number of Topliss-reactive ketones (excluding diaryl/α,β-unsaturated/α-hetero) is 1. The molecule has 2 aliphatic heterocycles. The minimum Gasteiger partial charge on any atom is -0.497 e. The zero-order chi connectivity index (χ0) is 25.6. The van der Waals surface area contributed by atoms with E-state index in [1.54, 1.807) is 37.3 Å². The van der Waals surface area contributed by atoms with Gasteiger partial charge >= 0.3 is 6.03 Å². The van der Waals surface area contributed by atoms with E-state index in [-0.39, 0.29) is 19.1 Å². The van der Waals surface area contributed by atoms with Gasteiger partial charge in [0.2, 0.25) is 6.79 Å². The van der Waals surface area contributed by atoms with Crippen molar-refractivity contribution in [2.45, 2.75) is 32.9 Å². The lowest BCUT2D eigenvalue weighted by Gasteiger charge is -2.22. The van der Waals surface area contributed by atoms with Crippen LogP contribution in [0.3, 0.4) is 0 Å². The second-order valence-corrected chi connectivity index (χ2v) is 9.16. The molecule has 1 aromatic heterocycles. The third kappa shape index (κ3) is 3.86. The van der Waals surface area contributed by atoms with Crippen molar-refractivity contribution in [1.82, 2.24) is 14.8 Å². The molecule has 1 atom stereocenters. The highest BCUT2D eigenvalue weighted by Gasteiger charge is 2.49. The maximum absolute atomic E-state index is 13.3. The standard InChI is InChI=1S/C27H27N3O6/c1-16-10-21(17(2)29(16)13-18-8-9-23-24(11-18)36-15-35-23)22(31)14-30-25(32)27(3,28-26(30)33)19-6-5-7-20(12-19)34-4/h5-12H,13-15H2,1-4H3,(H,28,33)/t27-/m0/s1. The Labute approximate surface area is 208 Å². The van der Waals surface area contributed by atoms with Crippen molar-refractivity contribution >= 4 is 17.7 Å². The summed E-state index contributed by atoms with van der Waals surface area (Å²) in [7, 11) is 1.53. The van der Waals surface area contributed by atoms with Crippen LogP contribution in [0.25, 0.3) is 0 Å². The lowest BCUT2D eigenvalue weighted by Crippen LogP contribution is -2.41. The van der Waals surface area contributed by atoms with Crippen molar-refractivity contribution in [3.8, 4) is 17.2 Å². The normalized spacial score (nSPS) is 18.5. The molecule has 1 N–H and O–H groups in total. The average molecular weight is 490 g/mol. The molecule has 1 saturated heterocycles. The van der Waals surface area contributed by atoms with Crippen molar-refractivity contribution in [3.63, 3.8) is 0 Å². The van der Waals surface area contributed by atoms with Gasteiger partial charge in [-0.15, -0.1) is 0 Å². The van der Waals surface area contributed by atoms with Gasteiger partial charge in [-0.25, -0.2) is 4.79 Å². The van der Waals surface area contributed by atoms with Gasteiger partial charge in [0, 0.05) is 23.5 Å². The molecule has 36 heavy (non-hydrogen) atoms. The van der Waals surface area contributed by atoms with E-state index in [1.807, 2.05) is 36.6 Å². The molecule has 0 aliphatic carbocycles. The number of carbonyl (C=O) groups excluding carboxylic acids is 3. The van der Waals surface area contributed by atoms with Crippen molar-refractivity contribution in [2.24, 2.45) is 0 Å². The Bertz CT molecular complexity index is 1390. The molecule has 3 heterocycles. The number of methoxy groups -OCH3 is 1. The first-order chi connectivity index (χ1) is 17.2. The number of nitrogens with one attached hydrogen (secondary N) is 1. The van der Waals surface area contributed by atoms with E-state index in [9.17, 15) is 14.4 Å². The number of fused-ring (bicyclic) bond motifs is 1. The van der Waals surface area contributed by atoms with E-state index in [2.05, 4.69) is 5.32 Å². The van der Waals surface area contributed by atoms with Crippen LogP contribution in [-0.4, -0.2) is 47.6 Å². The topological polar surface area (TPSA) is 99.1 Å². The SMILES string of the molecule is COc1cccc([C@]2(C)NC(=O)N(CC(=O)c3cc(C)n(Cc4ccc5c(c4)OCO5)c3C)C2=O)c1. The number of amides is 3. The fourth-order valence-corrected chi connectivity index (χ4v) is 4.75. The fraction of sp³-hybridized carbons (Fsp3) is 0.296. The summed E-state index contributed by atoms with van der Waals surface area (Å²) in [6.45, 7) is 5.81. The molecule has 0 radical (unpaired) electrons. The Morgan fingerprint density at radius 1 is 1.08 bits per heavy atom. The summed E-state index contributed by atoms with van der Waals surface area (Å²) >= 11 is 0. The Hall–Kier alpha value is -4.27. The maximum atomic E-state index is 13.3. The zero-order valence-electron chi connectivity index (χ0n) is 20.6. The second-order valence-electron chi connectivity index (χ2n) is 9.16. The van der Waals surface area contributed by atoms with E-state index in [1.165, 1.54) is 7.11 Å². The van der Waals surface area contributed by atoms with Crippen molar-refractivity contribution < 1.29 is 28.6 Å². The lowest BCUT2D eigenvalue weighted by molar-refractivity contribution is -0.130. The Morgan fingerprint density at radius 2 is 1.86 bits per heavy atom. The summed E-state index contributed by atoms with van der Waals surface area (Å²) in [6, 6.07) is 13.9. The van der Waals surface area contributed by atoms with Gasteiger partial charge in [-0.3, -0.25) is 14.5 Å². The predicted octanol–water partition coefficient (Wildman–Crippen LogP) is 3.54. The molecule has 0 spiro atoms. The highest BCUT2D eigenvalue weighted by atomic mass is 16.7. The summed E-state index contributed by atoms with van der Waals surface area (Å²) < 4.78 is 18.1. The highest BCUT2D eigenvalue weighted by Crippen LogP contribution is 2.34. The number of imide groups is 1.